The second kappa shape index (κ2) is 8.15. The van der Waals surface area contributed by atoms with E-state index in [1.54, 1.807) is 31.2 Å². The maximum Gasteiger partial charge on any atom is 0.282 e. The summed E-state index contributed by atoms with van der Waals surface area (Å²) in [5.74, 6) is -0.245. The Morgan fingerprint density at radius 1 is 1.23 bits per heavy atom. The van der Waals surface area contributed by atoms with Crippen molar-refractivity contribution < 1.29 is 14.5 Å². The molecule has 3 N–H and O–H groups in total. The van der Waals surface area contributed by atoms with Crippen molar-refractivity contribution in [3.63, 3.8) is 0 Å². The molecular formula is C16H23N4O2+. The molecule has 6 nitrogen and oxygen atoms in total. The van der Waals surface area contributed by atoms with Crippen LogP contribution in [0.15, 0.2) is 24.3 Å². The summed E-state index contributed by atoms with van der Waals surface area (Å²) in [4.78, 5) is 24.7. The number of rotatable bonds is 6. The van der Waals surface area contributed by atoms with Crippen LogP contribution in [0.1, 0.15) is 26.3 Å². The summed E-state index contributed by atoms with van der Waals surface area (Å²) in [6.07, 6.45) is 0. The second-order valence-corrected chi connectivity index (χ2v) is 5.65. The van der Waals surface area contributed by atoms with Gasteiger partial charge in [0.05, 0.1) is 18.7 Å². The predicted molar refractivity (Wildman–Crippen MR) is 84.3 cm³/mol. The zero-order valence-electron chi connectivity index (χ0n) is 13.4. The summed E-state index contributed by atoms with van der Waals surface area (Å²) in [5.41, 5.74) is 1.18. The van der Waals surface area contributed by atoms with Gasteiger partial charge in [-0.05, 0) is 45.0 Å². The van der Waals surface area contributed by atoms with Crippen molar-refractivity contribution >= 4 is 17.5 Å². The van der Waals surface area contributed by atoms with E-state index in [0.717, 1.165) is 4.90 Å². The highest BCUT2D eigenvalue weighted by Crippen LogP contribution is 2.08. The second-order valence-electron chi connectivity index (χ2n) is 5.65. The molecule has 118 valence electrons. The summed E-state index contributed by atoms with van der Waals surface area (Å²) in [6, 6.07) is 8.40. The predicted octanol–water partition coefficient (Wildman–Crippen LogP) is -0.0754. The molecule has 0 bridgehead atoms. The number of anilines is 1. The van der Waals surface area contributed by atoms with Gasteiger partial charge in [-0.2, -0.15) is 5.26 Å². The van der Waals surface area contributed by atoms with E-state index in [9.17, 15) is 9.59 Å². The number of nitrogens with one attached hydrogen (secondary N) is 3. The maximum atomic E-state index is 12.2. The Balaban J connectivity index is 2.56. The first-order chi connectivity index (χ1) is 10.3. The van der Waals surface area contributed by atoms with Crippen LogP contribution in [0.25, 0.3) is 0 Å². The van der Waals surface area contributed by atoms with Crippen molar-refractivity contribution in [2.75, 3.05) is 18.9 Å². The van der Waals surface area contributed by atoms with E-state index < -0.39 is 0 Å². The number of nitriles is 1. The van der Waals surface area contributed by atoms with E-state index in [1.165, 1.54) is 0 Å². The van der Waals surface area contributed by atoms with Gasteiger partial charge in [-0.15, -0.1) is 0 Å². The van der Waals surface area contributed by atoms with Gasteiger partial charge in [-0.25, -0.2) is 0 Å². The lowest BCUT2D eigenvalue weighted by atomic mass is 10.2. The maximum absolute atomic E-state index is 12.2. The number of hydrogen-bond acceptors (Lipinski definition) is 3. The first kappa shape index (κ1) is 17.7. The van der Waals surface area contributed by atoms with Crippen LogP contribution in [-0.4, -0.2) is 37.5 Å². The number of benzene rings is 1. The monoisotopic (exact) mass is 303 g/mol. The fourth-order valence-corrected chi connectivity index (χ4v) is 1.88. The van der Waals surface area contributed by atoms with E-state index in [-0.39, 0.29) is 30.4 Å². The molecule has 0 radical (unpaired) electrons. The van der Waals surface area contributed by atoms with E-state index >= 15 is 0 Å². The minimum atomic E-state index is -0.367. The van der Waals surface area contributed by atoms with Crippen LogP contribution in [0.3, 0.4) is 0 Å². The lowest BCUT2D eigenvalue weighted by Gasteiger charge is -2.21. The van der Waals surface area contributed by atoms with Gasteiger partial charge < -0.3 is 15.5 Å². The Hall–Kier alpha value is -2.39. The third-order valence-electron chi connectivity index (χ3n) is 3.30. The minimum Gasteiger partial charge on any atom is -0.349 e. The SMILES string of the molecule is CC(C)NC(=O)C[NH+](C)[C@@H](C)C(=O)Nc1ccc(C#N)cc1. The summed E-state index contributed by atoms with van der Waals surface area (Å²) in [5, 5.41) is 14.3. The number of hydrogen-bond donors (Lipinski definition) is 3. The topological polar surface area (TPSA) is 86.4 Å². The van der Waals surface area contributed by atoms with E-state index in [1.807, 2.05) is 27.0 Å². The Morgan fingerprint density at radius 3 is 2.32 bits per heavy atom. The molecule has 0 aromatic heterocycles. The molecule has 0 aliphatic carbocycles. The molecule has 0 aliphatic heterocycles. The number of amides is 2. The van der Waals surface area contributed by atoms with Gasteiger partial charge in [-0.3, -0.25) is 9.59 Å². The minimum absolute atomic E-state index is 0.0782. The molecule has 1 unspecified atom stereocenters. The molecule has 0 spiro atoms. The highest BCUT2D eigenvalue weighted by atomic mass is 16.2. The molecular weight excluding hydrogens is 280 g/mol. The number of likely N-dealkylation sites (N-methyl/N-ethyl adjacent to an activating group) is 1. The van der Waals surface area contributed by atoms with Crippen molar-refractivity contribution in [2.45, 2.75) is 32.9 Å². The third-order valence-corrected chi connectivity index (χ3v) is 3.30. The molecule has 6 heteroatoms. The van der Waals surface area contributed by atoms with Crippen LogP contribution in [0.5, 0.6) is 0 Å². The Bertz CT molecular complexity index is 561. The lowest BCUT2D eigenvalue weighted by molar-refractivity contribution is -0.885. The van der Waals surface area contributed by atoms with Crippen LogP contribution < -0.4 is 15.5 Å². The average Bonchev–Trinajstić information content (AvgIpc) is 2.46. The summed E-state index contributed by atoms with van der Waals surface area (Å²) >= 11 is 0. The number of nitrogens with zero attached hydrogens (tertiary/aromatic N) is 1. The fraction of sp³-hybridized carbons (Fsp3) is 0.438. The van der Waals surface area contributed by atoms with Crippen LogP contribution in [-0.2, 0) is 9.59 Å². The number of quaternary nitrogens is 1. The van der Waals surface area contributed by atoms with Gasteiger partial charge >= 0.3 is 0 Å². The van der Waals surface area contributed by atoms with Crippen molar-refractivity contribution in [3.05, 3.63) is 29.8 Å². The van der Waals surface area contributed by atoms with Gasteiger partial charge in [0.1, 0.15) is 0 Å². The number of carbonyl (C=O) groups is 2. The van der Waals surface area contributed by atoms with Crippen molar-refractivity contribution in [1.29, 1.82) is 5.26 Å². The Kier molecular flexibility index (Phi) is 6.54. The van der Waals surface area contributed by atoms with Crippen LogP contribution in [0.4, 0.5) is 5.69 Å². The molecule has 2 atom stereocenters. The molecule has 0 saturated heterocycles. The third kappa shape index (κ3) is 5.54. The highest BCUT2D eigenvalue weighted by Gasteiger charge is 2.24. The Labute approximate surface area is 131 Å². The largest absolute Gasteiger partial charge is 0.349 e. The molecule has 1 aromatic carbocycles. The van der Waals surface area contributed by atoms with E-state index in [4.69, 9.17) is 5.26 Å². The van der Waals surface area contributed by atoms with Crippen molar-refractivity contribution in [3.8, 4) is 6.07 Å². The molecule has 1 rings (SSSR count). The Morgan fingerprint density at radius 2 is 1.82 bits per heavy atom. The van der Waals surface area contributed by atoms with E-state index in [0.29, 0.717) is 11.3 Å². The van der Waals surface area contributed by atoms with Gasteiger partial charge in [0.25, 0.3) is 11.8 Å². The van der Waals surface area contributed by atoms with Gasteiger partial charge in [0.2, 0.25) is 0 Å². The van der Waals surface area contributed by atoms with Gasteiger partial charge in [0, 0.05) is 11.7 Å². The zero-order chi connectivity index (χ0) is 16.7. The number of carbonyl (C=O) groups excluding carboxylic acids is 2. The fourth-order valence-electron chi connectivity index (χ4n) is 1.88. The molecule has 0 fully saturated rings. The smallest absolute Gasteiger partial charge is 0.282 e. The van der Waals surface area contributed by atoms with Crippen LogP contribution >= 0.6 is 0 Å². The normalized spacial score (nSPS) is 13.1. The van der Waals surface area contributed by atoms with Gasteiger partial charge in [0.15, 0.2) is 12.6 Å². The van der Waals surface area contributed by atoms with Gasteiger partial charge in [-0.1, -0.05) is 0 Å². The molecule has 0 heterocycles. The first-order valence-corrected chi connectivity index (χ1v) is 7.26. The summed E-state index contributed by atoms with van der Waals surface area (Å²) in [6.45, 7) is 5.81. The highest BCUT2D eigenvalue weighted by molar-refractivity contribution is 5.93. The molecule has 0 saturated carbocycles. The lowest BCUT2D eigenvalue weighted by Crippen LogP contribution is -3.15. The molecule has 22 heavy (non-hydrogen) atoms. The average molecular weight is 303 g/mol. The zero-order valence-corrected chi connectivity index (χ0v) is 13.4. The van der Waals surface area contributed by atoms with E-state index in [2.05, 4.69) is 10.6 Å². The first-order valence-electron chi connectivity index (χ1n) is 7.26. The molecule has 2 amide bonds. The molecule has 1 aromatic rings. The summed E-state index contributed by atoms with van der Waals surface area (Å²) < 4.78 is 0. The standard InChI is InChI=1S/C16H22N4O2/c1-11(2)18-15(21)10-20(4)12(3)16(22)19-14-7-5-13(9-17)6-8-14/h5-8,11-12H,10H2,1-4H3,(H,18,21)(H,19,22)/p+1/t12-/m0/s1. The van der Waals surface area contributed by atoms with Crippen molar-refractivity contribution in [1.82, 2.24) is 5.32 Å². The van der Waals surface area contributed by atoms with Crippen LogP contribution in [0.2, 0.25) is 0 Å². The van der Waals surface area contributed by atoms with Crippen LogP contribution in [0, 0.1) is 11.3 Å². The quantitative estimate of drug-likeness (QED) is 0.687. The van der Waals surface area contributed by atoms with Crippen molar-refractivity contribution in [2.24, 2.45) is 0 Å². The summed E-state index contributed by atoms with van der Waals surface area (Å²) in [7, 11) is 1.81. The molecule has 0 aliphatic rings.